The molecule has 2 saturated carbocycles. The van der Waals surface area contributed by atoms with E-state index in [9.17, 15) is 24.3 Å². The molecule has 12 heteroatoms. The SMILES string of the molecule is CC(=O)OC1CC(C)(O)C23OC(C)(C)C(CC(OC(=O)c4ccco4)C2(C)C1OC(C)=O)C3OC(=O)c1ccco1. The minimum absolute atomic E-state index is 0.0588. The van der Waals surface area contributed by atoms with Gasteiger partial charge >= 0.3 is 23.9 Å². The van der Waals surface area contributed by atoms with Crippen molar-refractivity contribution in [2.75, 3.05) is 0 Å². The van der Waals surface area contributed by atoms with E-state index in [1.807, 2.05) is 0 Å². The van der Waals surface area contributed by atoms with Crippen molar-refractivity contribution >= 4 is 23.9 Å². The molecular weight excluding hydrogens is 540 g/mol. The summed E-state index contributed by atoms with van der Waals surface area (Å²) in [6.45, 7) is 9.06. The standard InChI is InChI=1S/C29H34O12/c1-15(30)37-20-14-27(5,34)29-22(40-25(33)19-10-8-12-36-19)17(26(3,4)41-29)13-21(28(29,6)23(20)38-16(2)31)39-24(32)18-9-7-11-35-18/h7-12,17,20-23,34H,13-14H2,1-6H3. The predicted octanol–water partition coefficient (Wildman–Crippen LogP) is 3.22. The Bertz CT molecular complexity index is 1330. The number of carbonyl (C=O) groups excluding carboxylic acids is 4. The van der Waals surface area contributed by atoms with Gasteiger partial charge in [0.05, 0.1) is 29.1 Å². The van der Waals surface area contributed by atoms with Crippen molar-refractivity contribution in [2.24, 2.45) is 11.3 Å². The summed E-state index contributed by atoms with van der Waals surface area (Å²) in [5.74, 6) is -3.69. The zero-order chi connectivity index (χ0) is 30.0. The first kappa shape index (κ1) is 28.9. The monoisotopic (exact) mass is 574 g/mol. The van der Waals surface area contributed by atoms with E-state index in [4.69, 9.17) is 32.5 Å². The molecule has 1 N–H and O–H groups in total. The number of rotatable bonds is 6. The molecule has 3 aliphatic rings. The minimum atomic E-state index is -1.87. The molecular formula is C29H34O12. The average molecular weight is 575 g/mol. The highest BCUT2D eigenvalue weighted by molar-refractivity contribution is 5.87. The molecule has 8 atom stereocenters. The molecule has 0 aromatic carbocycles. The number of ether oxygens (including phenoxy) is 5. The van der Waals surface area contributed by atoms with Crippen LogP contribution in [-0.4, -0.2) is 70.2 Å². The quantitative estimate of drug-likeness (QED) is 0.397. The summed E-state index contributed by atoms with van der Waals surface area (Å²) in [5, 5.41) is 12.3. The van der Waals surface area contributed by atoms with Crippen molar-refractivity contribution in [3.63, 3.8) is 0 Å². The van der Waals surface area contributed by atoms with E-state index in [1.54, 1.807) is 20.8 Å². The van der Waals surface area contributed by atoms with E-state index in [-0.39, 0.29) is 24.4 Å². The van der Waals surface area contributed by atoms with Gasteiger partial charge in [0, 0.05) is 26.2 Å². The van der Waals surface area contributed by atoms with Crippen molar-refractivity contribution in [3.8, 4) is 0 Å². The number of furan rings is 2. The van der Waals surface area contributed by atoms with Gasteiger partial charge in [-0.1, -0.05) is 0 Å². The Hall–Kier alpha value is -3.64. The number of carbonyl (C=O) groups is 4. The minimum Gasteiger partial charge on any atom is -0.458 e. The van der Waals surface area contributed by atoms with Gasteiger partial charge in [-0.3, -0.25) is 9.59 Å². The molecule has 0 radical (unpaired) electrons. The van der Waals surface area contributed by atoms with Gasteiger partial charge in [0.2, 0.25) is 11.5 Å². The van der Waals surface area contributed by atoms with Crippen LogP contribution in [0.4, 0.5) is 0 Å². The Kier molecular flexibility index (Phi) is 6.85. The van der Waals surface area contributed by atoms with Gasteiger partial charge in [-0.05, 0) is 58.4 Å². The Labute approximate surface area is 236 Å². The Morgan fingerprint density at radius 1 is 0.829 bits per heavy atom. The number of esters is 4. The first-order valence-electron chi connectivity index (χ1n) is 13.4. The highest BCUT2D eigenvalue weighted by Crippen LogP contribution is 2.69. The van der Waals surface area contributed by atoms with E-state index >= 15 is 0 Å². The molecule has 2 aromatic heterocycles. The van der Waals surface area contributed by atoms with Crippen LogP contribution in [0.25, 0.3) is 0 Å². The fourth-order valence-electron chi connectivity index (χ4n) is 7.34. The highest BCUT2D eigenvalue weighted by Gasteiger charge is 2.84. The third kappa shape index (κ3) is 4.35. The molecule has 8 unspecified atom stereocenters. The first-order valence-corrected chi connectivity index (χ1v) is 13.4. The first-order chi connectivity index (χ1) is 19.1. The van der Waals surface area contributed by atoms with Crippen LogP contribution < -0.4 is 0 Å². The third-order valence-corrected chi connectivity index (χ3v) is 8.89. The van der Waals surface area contributed by atoms with Gasteiger partial charge in [0.1, 0.15) is 23.9 Å². The summed E-state index contributed by atoms with van der Waals surface area (Å²) >= 11 is 0. The molecule has 222 valence electrons. The molecule has 1 aliphatic heterocycles. The van der Waals surface area contributed by atoms with Gasteiger partial charge in [-0.15, -0.1) is 0 Å². The predicted molar refractivity (Wildman–Crippen MR) is 136 cm³/mol. The van der Waals surface area contributed by atoms with Crippen LogP contribution in [0.2, 0.25) is 0 Å². The second kappa shape index (κ2) is 9.73. The fourth-order valence-corrected chi connectivity index (χ4v) is 7.34. The lowest BCUT2D eigenvalue weighted by molar-refractivity contribution is -0.343. The number of aliphatic hydroxyl groups is 1. The van der Waals surface area contributed by atoms with Gasteiger partial charge in [-0.25, -0.2) is 9.59 Å². The Balaban J connectivity index is 1.71. The molecule has 2 aliphatic carbocycles. The maximum atomic E-state index is 13.3. The molecule has 41 heavy (non-hydrogen) atoms. The van der Waals surface area contributed by atoms with Crippen molar-refractivity contribution in [1.82, 2.24) is 0 Å². The topological polar surface area (TPSA) is 161 Å². The summed E-state index contributed by atoms with van der Waals surface area (Å²) in [6.07, 6.45) is -2.15. The molecule has 1 saturated heterocycles. The van der Waals surface area contributed by atoms with Crippen molar-refractivity contribution in [3.05, 3.63) is 48.3 Å². The Morgan fingerprint density at radius 2 is 1.39 bits per heavy atom. The smallest absolute Gasteiger partial charge is 0.374 e. The van der Waals surface area contributed by atoms with Crippen LogP contribution in [0.1, 0.15) is 75.5 Å². The third-order valence-electron chi connectivity index (χ3n) is 8.89. The second-order valence-electron chi connectivity index (χ2n) is 11.9. The van der Waals surface area contributed by atoms with Gasteiger partial charge in [0.15, 0.2) is 6.10 Å². The molecule has 2 aromatic rings. The molecule has 5 rings (SSSR count). The number of fused-ring (bicyclic) bond motifs is 1. The summed E-state index contributed by atoms with van der Waals surface area (Å²) in [4.78, 5) is 51.2. The molecule has 3 fully saturated rings. The Morgan fingerprint density at radius 3 is 1.90 bits per heavy atom. The summed E-state index contributed by atoms with van der Waals surface area (Å²) < 4.78 is 40.8. The summed E-state index contributed by atoms with van der Waals surface area (Å²) in [7, 11) is 0. The zero-order valence-electron chi connectivity index (χ0n) is 23.7. The van der Waals surface area contributed by atoms with Crippen LogP contribution in [0, 0.1) is 11.3 Å². The second-order valence-corrected chi connectivity index (χ2v) is 11.9. The molecule has 3 heterocycles. The summed E-state index contributed by atoms with van der Waals surface area (Å²) in [5.41, 5.74) is -6.34. The van der Waals surface area contributed by atoms with E-state index in [0.717, 1.165) is 0 Å². The van der Waals surface area contributed by atoms with Crippen molar-refractivity contribution < 1.29 is 56.8 Å². The maximum absolute atomic E-state index is 13.3. The lowest BCUT2D eigenvalue weighted by Crippen LogP contribution is -2.81. The van der Waals surface area contributed by atoms with Gasteiger partial charge in [0.25, 0.3) is 0 Å². The fraction of sp³-hybridized carbons (Fsp3) is 0.586. The molecule has 2 bridgehead atoms. The van der Waals surface area contributed by atoms with Crippen LogP contribution in [0.15, 0.2) is 45.6 Å². The van der Waals surface area contributed by atoms with E-state index in [2.05, 4.69) is 0 Å². The van der Waals surface area contributed by atoms with E-state index in [1.165, 1.54) is 57.6 Å². The molecule has 1 spiro atoms. The maximum Gasteiger partial charge on any atom is 0.374 e. The van der Waals surface area contributed by atoms with Crippen LogP contribution in [0.5, 0.6) is 0 Å². The van der Waals surface area contributed by atoms with Crippen LogP contribution in [0.3, 0.4) is 0 Å². The number of hydrogen-bond acceptors (Lipinski definition) is 12. The highest BCUT2D eigenvalue weighted by atomic mass is 16.6. The normalized spacial score (nSPS) is 37.0. The van der Waals surface area contributed by atoms with Crippen molar-refractivity contribution in [2.45, 2.75) is 95.6 Å². The van der Waals surface area contributed by atoms with Gasteiger partial charge < -0.3 is 37.6 Å². The molecule has 0 amide bonds. The van der Waals surface area contributed by atoms with E-state index in [0.29, 0.717) is 0 Å². The average Bonchev–Trinajstić information content (AvgIpc) is 3.61. The molecule has 12 nitrogen and oxygen atoms in total. The lowest BCUT2D eigenvalue weighted by Gasteiger charge is -2.65. The lowest BCUT2D eigenvalue weighted by atomic mass is 9.47. The zero-order valence-corrected chi connectivity index (χ0v) is 23.7. The van der Waals surface area contributed by atoms with Crippen molar-refractivity contribution in [1.29, 1.82) is 0 Å². The largest absolute Gasteiger partial charge is 0.458 e. The van der Waals surface area contributed by atoms with Gasteiger partial charge in [-0.2, -0.15) is 0 Å². The number of hydrogen-bond donors (Lipinski definition) is 1. The van der Waals surface area contributed by atoms with Crippen LogP contribution >= 0.6 is 0 Å². The summed E-state index contributed by atoms with van der Waals surface area (Å²) in [6, 6.07) is 5.95. The van der Waals surface area contributed by atoms with E-state index < -0.39 is 76.4 Å². The van der Waals surface area contributed by atoms with Crippen LogP contribution in [-0.2, 0) is 33.3 Å².